The molecule has 1 amide bonds. The van der Waals surface area contributed by atoms with Gasteiger partial charge in [0.25, 0.3) is 0 Å². The molecule has 0 N–H and O–H groups in total. The first-order chi connectivity index (χ1) is 14.4. The predicted octanol–water partition coefficient (Wildman–Crippen LogP) is 5.13. The van der Waals surface area contributed by atoms with E-state index < -0.39 is 5.60 Å². The Labute approximate surface area is 176 Å². The highest BCUT2D eigenvalue weighted by atomic mass is 16.6. The Hall–Kier alpha value is -3.15. The van der Waals surface area contributed by atoms with Gasteiger partial charge in [0.15, 0.2) is 5.82 Å². The van der Waals surface area contributed by atoms with E-state index in [9.17, 15) is 4.79 Å². The van der Waals surface area contributed by atoms with Crippen molar-refractivity contribution in [3.63, 3.8) is 0 Å². The second kappa shape index (κ2) is 8.30. The van der Waals surface area contributed by atoms with Gasteiger partial charge >= 0.3 is 6.09 Å². The van der Waals surface area contributed by atoms with Crippen LogP contribution >= 0.6 is 0 Å². The number of likely N-dealkylation sites (tertiary alicyclic amines) is 1. The van der Waals surface area contributed by atoms with Gasteiger partial charge in [0.1, 0.15) is 11.6 Å². The van der Waals surface area contributed by atoms with E-state index >= 15 is 0 Å². The lowest BCUT2D eigenvalue weighted by molar-refractivity contribution is 0.0198. The summed E-state index contributed by atoms with van der Waals surface area (Å²) in [4.78, 5) is 19.3. The summed E-state index contributed by atoms with van der Waals surface area (Å²) in [5.41, 5.74) is 1.74. The number of nitrogens with zero attached hydrogens (tertiary/aromatic N) is 3. The van der Waals surface area contributed by atoms with E-state index in [-0.39, 0.29) is 18.1 Å². The molecular formula is C24H27N3O3. The number of hydrogen-bond acceptors (Lipinski definition) is 5. The molecule has 6 nitrogen and oxygen atoms in total. The number of benzene rings is 2. The molecular weight excluding hydrogens is 378 g/mol. The number of carbonyl (C=O) groups is 1. The van der Waals surface area contributed by atoms with Crippen molar-refractivity contribution >= 4 is 6.09 Å². The SMILES string of the molecule is CC(C)(C)OC(=O)N1CC(c2ccccc2)C[C@H]1c1nc(Cc2ccccc2)no1. The van der Waals surface area contributed by atoms with E-state index in [0.29, 0.717) is 24.7 Å². The summed E-state index contributed by atoms with van der Waals surface area (Å²) >= 11 is 0. The van der Waals surface area contributed by atoms with Crippen LogP contribution in [0.15, 0.2) is 65.2 Å². The van der Waals surface area contributed by atoms with Crippen molar-refractivity contribution in [3.05, 3.63) is 83.5 Å². The van der Waals surface area contributed by atoms with Gasteiger partial charge in [-0.05, 0) is 38.3 Å². The topological polar surface area (TPSA) is 68.5 Å². The van der Waals surface area contributed by atoms with Gasteiger partial charge < -0.3 is 9.26 Å². The molecule has 6 heteroatoms. The van der Waals surface area contributed by atoms with Crippen LogP contribution in [0.3, 0.4) is 0 Å². The van der Waals surface area contributed by atoms with Crippen LogP contribution in [-0.4, -0.2) is 33.3 Å². The van der Waals surface area contributed by atoms with Crippen LogP contribution in [0.1, 0.15) is 62.0 Å². The average Bonchev–Trinajstić information content (AvgIpc) is 3.35. The highest BCUT2D eigenvalue weighted by molar-refractivity contribution is 5.69. The first kappa shape index (κ1) is 20.1. The highest BCUT2D eigenvalue weighted by Gasteiger charge is 2.41. The van der Waals surface area contributed by atoms with Crippen LogP contribution in [-0.2, 0) is 11.2 Å². The summed E-state index contributed by atoms with van der Waals surface area (Å²) < 4.78 is 11.3. The summed E-state index contributed by atoms with van der Waals surface area (Å²) in [7, 11) is 0. The maximum atomic E-state index is 12.9. The van der Waals surface area contributed by atoms with Crippen molar-refractivity contribution in [1.82, 2.24) is 15.0 Å². The van der Waals surface area contributed by atoms with Crippen LogP contribution in [0.2, 0.25) is 0 Å². The van der Waals surface area contributed by atoms with Gasteiger partial charge in [0.05, 0.1) is 0 Å². The molecule has 0 radical (unpaired) electrons. The van der Waals surface area contributed by atoms with E-state index in [1.54, 1.807) is 4.90 Å². The zero-order chi connectivity index (χ0) is 21.1. The number of amides is 1. The molecule has 2 aromatic carbocycles. The standard InChI is InChI=1S/C24H27N3O3/c1-24(2,3)29-23(28)27-16-19(18-12-8-5-9-13-18)15-20(27)22-25-21(26-30-22)14-17-10-6-4-7-11-17/h4-13,19-20H,14-16H2,1-3H3/t19?,20-/m0/s1. The lowest BCUT2D eigenvalue weighted by atomic mass is 9.96. The van der Waals surface area contributed by atoms with E-state index in [1.165, 1.54) is 5.56 Å². The minimum absolute atomic E-state index is 0.188. The largest absolute Gasteiger partial charge is 0.444 e. The van der Waals surface area contributed by atoms with E-state index in [1.807, 2.05) is 69.3 Å². The number of hydrogen-bond donors (Lipinski definition) is 0. The molecule has 4 rings (SSSR count). The van der Waals surface area contributed by atoms with Gasteiger partial charge in [-0.1, -0.05) is 65.8 Å². The van der Waals surface area contributed by atoms with Crippen LogP contribution < -0.4 is 0 Å². The minimum Gasteiger partial charge on any atom is -0.444 e. The number of ether oxygens (including phenoxy) is 1. The van der Waals surface area contributed by atoms with Crippen molar-refractivity contribution < 1.29 is 14.1 Å². The lowest BCUT2D eigenvalue weighted by Crippen LogP contribution is -2.36. The molecule has 156 valence electrons. The van der Waals surface area contributed by atoms with Crippen LogP contribution in [0.25, 0.3) is 0 Å². The van der Waals surface area contributed by atoms with E-state index in [0.717, 1.165) is 12.0 Å². The van der Waals surface area contributed by atoms with Gasteiger partial charge in [-0.15, -0.1) is 0 Å². The Kier molecular flexibility index (Phi) is 5.57. The van der Waals surface area contributed by atoms with Gasteiger partial charge in [-0.3, -0.25) is 4.90 Å². The Morgan fingerprint density at radius 2 is 1.77 bits per heavy atom. The van der Waals surface area contributed by atoms with E-state index in [2.05, 4.69) is 22.3 Å². The fourth-order valence-corrected chi connectivity index (χ4v) is 3.81. The number of rotatable bonds is 4. The third-order valence-electron chi connectivity index (χ3n) is 5.17. The Bertz CT molecular complexity index is 980. The Balaban J connectivity index is 1.57. The normalized spacial score (nSPS) is 19.1. The molecule has 1 saturated heterocycles. The smallest absolute Gasteiger partial charge is 0.410 e. The third kappa shape index (κ3) is 4.70. The fourth-order valence-electron chi connectivity index (χ4n) is 3.81. The van der Waals surface area contributed by atoms with Crippen molar-refractivity contribution in [2.24, 2.45) is 0 Å². The summed E-state index contributed by atoms with van der Waals surface area (Å²) in [6.45, 7) is 6.17. The van der Waals surface area contributed by atoms with Crippen molar-refractivity contribution in [2.45, 2.75) is 51.2 Å². The minimum atomic E-state index is -0.570. The zero-order valence-corrected chi connectivity index (χ0v) is 17.6. The van der Waals surface area contributed by atoms with Gasteiger partial charge in [0.2, 0.25) is 5.89 Å². The summed E-state index contributed by atoms with van der Waals surface area (Å²) in [5.74, 6) is 1.27. The van der Waals surface area contributed by atoms with Crippen molar-refractivity contribution in [3.8, 4) is 0 Å². The average molecular weight is 405 g/mol. The second-order valence-corrected chi connectivity index (χ2v) is 8.70. The molecule has 3 aromatic rings. The van der Waals surface area contributed by atoms with Crippen LogP contribution in [0.4, 0.5) is 4.79 Å². The maximum Gasteiger partial charge on any atom is 0.410 e. The molecule has 0 aliphatic carbocycles. The Morgan fingerprint density at radius 3 is 2.43 bits per heavy atom. The molecule has 30 heavy (non-hydrogen) atoms. The molecule has 1 fully saturated rings. The summed E-state index contributed by atoms with van der Waals surface area (Å²) in [6, 6.07) is 19.9. The first-order valence-corrected chi connectivity index (χ1v) is 10.3. The van der Waals surface area contributed by atoms with Gasteiger partial charge in [0, 0.05) is 18.9 Å². The Morgan fingerprint density at radius 1 is 1.10 bits per heavy atom. The van der Waals surface area contributed by atoms with Crippen molar-refractivity contribution in [2.75, 3.05) is 6.54 Å². The lowest BCUT2D eigenvalue weighted by Gasteiger charge is -2.27. The molecule has 1 unspecified atom stereocenters. The van der Waals surface area contributed by atoms with Crippen LogP contribution in [0, 0.1) is 0 Å². The monoisotopic (exact) mass is 405 g/mol. The quantitative estimate of drug-likeness (QED) is 0.602. The molecule has 1 aromatic heterocycles. The van der Waals surface area contributed by atoms with Crippen LogP contribution in [0.5, 0.6) is 0 Å². The van der Waals surface area contributed by atoms with Crippen molar-refractivity contribution in [1.29, 1.82) is 0 Å². The summed E-state index contributed by atoms with van der Waals surface area (Å²) in [5, 5.41) is 4.16. The molecule has 0 saturated carbocycles. The fraction of sp³-hybridized carbons (Fsp3) is 0.375. The second-order valence-electron chi connectivity index (χ2n) is 8.70. The van der Waals surface area contributed by atoms with Gasteiger partial charge in [-0.2, -0.15) is 4.98 Å². The third-order valence-corrected chi connectivity index (χ3v) is 5.17. The molecule has 0 spiro atoms. The predicted molar refractivity (Wildman–Crippen MR) is 113 cm³/mol. The molecule has 2 atom stereocenters. The number of aromatic nitrogens is 2. The van der Waals surface area contributed by atoms with E-state index in [4.69, 9.17) is 9.26 Å². The maximum absolute atomic E-state index is 12.9. The summed E-state index contributed by atoms with van der Waals surface area (Å²) in [6.07, 6.45) is 0.954. The molecule has 1 aliphatic heterocycles. The molecule has 0 bridgehead atoms. The highest BCUT2D eigenvalue weighted by Crippen LogP contribution is 2.40. The van der Waals surface area contributed by atoms with Gasteiger partial charge in [-0.25, -0.2) is 4.79 Å². The zero-order valence-electron chi connectivity index (χ0n) is 17.6. The first-order valence-electron chi connectivity index (χ1n) is 10.3. The molecule has 1 aliphatic rings. The number of carbonyl (C=O) groups excluding carboxylic acids is 1. The molecule has 2 heterocycles.